The molecule has 0 radical (unpaired) electrons. The maximum absolute atomic E-state index is 12.9. The Labute approximate surface area is 337 Å². The molecular weight excluding hydrogens is 804 g/mol. The van der Waals surface area contributed by atoms with Crippen molar-refractivity contribution in [1.29, 1.82) is 0 Å². The Morgan fingerprint density at radius 1 is 0.667 bits per heavy atom. The molecule has 0 bridgehead atoms. The summed E-state index contributed by atoms with van der Waals surface area (Å²) in [6.07, 6.45) is -17.0. The summed E-state index contributed by atoms with van der Waals surface area (Å²) in [4.78, 5) is 48.0. The second-order valence-electron chi connectivity index (χ2n) is 13.6. The van der Waals surface area contributed by atoms with Gasteiger partial charge in [-0.25, -0.2) is 4.79 Å². The maximum atomic E-state index is 12.9. The van der Waals surface area contributed by atoms with Gasteiger partial charge in [0.2, 0.25) is 12.6 Å². The van der Waals surface area contributed by atoms with Crippen molar-refractivity contribution in [2.75, 3.05) is 13.2 Å². The number of aliphatic carboxylic acids is 1. The smallest absolute Gasteiger partial charge is 0.330 e. The fraction of sp³-hybridized carbons (Fsp3) is 0.333. The monoisotopic (exact) mass is 842 g/mol. The molecule has 6 rings (SSSR count). The Bertz CT molecular complexity index is 2240. The molecule has 10 N–H and O–H groups in total. The number of carboxylic acid groups (broad SMARTS) is 1. The predicted molar refractivity (Wildman–Crippen MR) is 196 cm³/mol. The number of carboxylic acids is 1. The van der Waals surface area contributed by atoms with Crippen LogP contribution in [0.2, 0.25) is 0 Å². The Kier molecular flexibility index (Phi) is 13.2. The highest BCUT2D eigenvalue weighted by Crippen LogP contribution is 2.43. The highest BCUT2D eigenvalue weighted by Gasteiger charge is 2.47. The van der Waals surface area contributed by atoms with Crippen molar-refractivity contribution >= 4 is 24.0 Å². The second-order valence-corrected chi connectivity index (χ2v) is 13.6. The van der Waals surface area contributed by atoms with Crippen LogP contribution in [0.4, 0.5) is 0 Å². The van der Waals surface area contributed by atoms with Gasteiger partial charge in [0.15, 0.2) is 28.4 Å². The lowest BCUT2D eigenvalue weighted by molar-refractivity contribution is -0.278. The van der Waals surface area contributed by atoms with Gasteiger partial charge >= 0.3 is 17.9 Å². The molecule has 0 amide bonds. The molecule has 1 aliphatic carbocycles. The van der Waals surface area contributed by atoms with Crippen molar-refractivity contribution in [3.05, 3.63) is 82.5 Å². The molecule has 3 heterocycles. The normalized spacial score (nSPS) is 26.7. The average Bonchev–Trinajstić information content (AvgIpc) is 3.20. The standard InChI is InChI=1S/C39H38O21/c40-18-5-3-17(4-6-18)37-25(58-39-36(53)34(51)31(48)26(60-39)14-54-29(46)8-2-16-1-7-21(42)22(43)9-16)12-20-23(56-37)10-19(41)11-24(20)57-38-35(52)33(50)32(49)27(59-38)15-55-30(47)13-28(44)45/h1-12,26-27,31-36,38-40,42-43,48-53H,13-15H2,(H,44,45)/t26-,27-,31-,32-,33+,34+,35-,36-,38-,39-/m1/s1. The van der Waals surface area contributed by atoms with Crippen LogP contribution in [-0.2, 0) is 33.3 Å². The minimum absolute atomic E-state index is 0.0712. The van der Waals surface area contributed by atoms with Gasteiger partial charge in [-0.1, -0.05) is 6.07 Å². The van der Waals surface area contributed by atoms with Crippen molar-refractivity contribution in [2.45, 2.75) is 67.8 Å². The number of aliphatic hydroxyl groups excluding tert-OH is 6. The Morgan fingerprint density at radius 3 is 1.87 bits per heavy atom. The van der Waals surface area contributed by atoms with Crippen LogP contribution >= 0.6 is 0 Å². The van der Waals surface area contributed by atoms with Crippen LogP contribution < -0.4 is 14.9 Å². The van der Waals surface area contributed by atoms with Gasteiger partial charge in [0.25, 0.3) is 0 Å². The molecule has 2 aromatic rings. The van der Waals surface area contributed by atoms with Crippen LogP contribution in [-0.4, -0.2) is 144 Å². The van der Waals surface area contributed by atoms with E-state index in [1.165, 1.54) is 54.6 Å². The summed E-state index contributed by atoms with van der Waals surface area (Å²) in [5.41, 5.74) is -0.211. The first-order valence-corrected chi connectivity index (χ1v) is 17.9. The summed E-state index contributed by atoms with van der Waals surface area (Å²) in [7, 11) is 0. The Hall–Kier alpha value is -6.30. The fourth-order valence-corrected chi connectivity index (χ4v) is 6.08. The van der Waals surface area contributed by atoms with Crippen LogP contribution in [0.25, 0.3) is 28.7 Å². The van der Waals surface area contributed by atoms with E-state index in [-0.39, 0.29) is 45.6 Å². The number of aromatic hydroxyl groups is 3. The molecule has 4 aliphatic rings. The number of benzene rings is 3. The topological polar surface area (TPSA) is 339 Å². The van der Waals surface area contributed by atoms with E-state index < -0.39 is 110 Å². The lowest BCUT2D eigenvalue weighted by Gasteiger charge is -2.40. The van der Waals surface area contributed by atoms with Gasteiger partial charge in [-0.2, -0.15) is 0 Å². The van der Waals surface area contributed by atoms with Crippen molar-refractivity contribution in [1.82, 2.24) is 0 Å². The number of hydrogen-bond donors (Lipinski definition) is 10. The molecule has 3 aliphatic heterocycles. The summed E-state index contributed by atoms with van der Waals surface area (Å²) in [6.45, 7) is -1.44. The summed E-state index contributed by atoms with van der Waals surface area (Å²) in [5, 5.41) is 102. The van der Waals surface area contributed by atoms with Crippen molar-refractivity contribution in [2.24, 2.45) is 0 Å². The van der Waals surface area contributed by atoms with E-state index >= 15 is 0 Å². The van der Waals surface area contributed by atoms with Crippen LogP contribution in [0.15, 0.2) is 76.0 Å². The first-order valence-electron chi connectivity index (χ1n) is 17.9. The van der Waals surface area contributed by atoms with Gasteiger partial charge < -0.3 is 83.9 Å². The summed E-state index contributed by atoms with van der Waals surface area (Å²) >= 11 is 0. The fourth-order valence-electron chi connectivity index (χ4n) is 6.08. The third-order valence-electron chi connectivity index (χ3n) is 9.25. The molecule has 60 heavy (non-hydrogen) atoms. The second kappa shape index (κ2) is 18.3. The van der Waals surface area contributed by atoms with Gasteiger partial charge in [-0.15, -0.1) is 0 Å². The molecule has 10 atom stereocenters. The minimum atomic E-state index is -1.97. The largest absolute Gasteiger partial charge is 0.508 e. The molecular formula is C39H38O21. The van der Waals surface area contributed by atoms with Crippen molar-refractivity contribution in [3.8, 4) is 51.4 Å². The van der Waals surface area contributed by atoms with E-state index in [9.17, 15) is 65.1 Å². The van der Waals surface area contributed by atoms with Gasteiger partial charge in [0.1, 0.15) is 85.7 Å². The summed E-state index contributed by atoms with van der Waals surface area (Å²) < 4.78 is 39.2. The van der Waals surface area contributed by atoms with E-state index in [1.807, 2.05) is 0 Å². The predicted octanol–water partition coefficient (Wildman–Crippen LogP) is -0.824. The molecule has 21 heteroatoms. The van der Waals surface area contributed by atoms with Crippen molar-refractivity contribution in [3.63, 3.8) is 0 Å². The minimum Gasteiger partial charge on any atom is -0.508 e. The molecule has 320 valence electrons. The number of phenols is 3. The summed E-state index contributed by atoms with van der Waals surface area (Å²) in [5.74, 6) is -5.51. The molecule has 0 unspecified atom stereocenters. The number of fused-ring (bicyclic) bond motifs is 1. The Balaban J connectivity index is 1.28. The highest BCUT2D eigenvalue weighted by atomic mass is 16.7. The zero-order valence-corrected chi connectivity index (χ0v) is 30.8. The van der Waals surface area contributed by atoms with E-state index in [2.05, 4.69) is 0 Å². The van der Waals surface area contributed by atoms with Crippen molar-refractivity contribution < 1.29 is 98.3 Å². The molecule has 2 saturated heterocycles. The number of esters is 2. The third-order valence-corrected chi connectivity index (χ3v) is 9.25. The van der Waals surface area contributed by atoms with Gasteiger partial charge in [0.05, 0.1) is 5.56 Å². The van der Waals surface area contributed by atoms with E-state index in [0.29, 0.717) is 5.56 Å². The number of carbonyl (C=O) groups is 3. The van der Waals surface area contributed by atoms with E-state index in [1.54, 1.807) is 0 Å². The average molecular weight is 843 g/mol. The molecule has 0 aromatic heterocycles. The molecule has 21 nitrogen and oxygen atoms in total. The lowest BCUT2D eigenvalue weighted by Crippen LogP contribution is -2.60. The van der Waals surface area contributed by atoms with Crippen LogP contribution in [0, 0.1) is 0 Å². The number of carbonyl (C=O) groups excluding carboxylic acids is 2. The number of phenolic OH excluding ortho intramolecular Hbond substituents is 3. The zero-order chi connectivity index (χ0) is 43.4. The van der Waals surface area contributed by atoms with E-state index in [0.717, 1.165) is 18.2 Å². The first kappa shape index (κ1) is 43.3. The molecule has 0 saturated carbocycles. The number of hydrogen-bond acceptors (Lipinski definition) is 20. The van der Waals surface area contributed by atoms with Crippen LogP contribution in [0.1, 0.15) is 12.0 Å². The third kappa shape index (κ3) is 9.93. The number of aliphatic hydroxyl groups is 6. The van der Waals surface area contributed by atoms with Crippen LogP contribution in [0.3, 0.4) is 0 Å². The first-order chi connectivity index (χ1) is 28.5. The molecule has 2 fully saturated rings. The van der Waals surface area contributed by atoms with E-state index in [4.69, 9.17) is 37.9 Å². The quantitative estimate of drug-likeness (QED) is 0.0340. The van der Waals surface area contributed by atoms with Crippen LogP contribution in [0.5, 0.6) is 28.7 Å². The lowest BCUT2D eigenvalue weighted by atomic mass is 9.99. The maximum Gasteiger partial charge on any atom is 0.330 e. The molecule has 0 spiro atoms. The Morgan fingerprint density at radius 2 is 1.27 bits per heavy atom. The zero-order valence-electron chi connectivity index (χ0n) is 30.8. The number of ether oxygens (including phenoxy) is 6. The SMILES string of the molecule is O=C(O)CC(=O)OC[C@H]1O[C@@H](Oc2cc(=O)cc3oc(-c4ccc(O)cc4)c(O[C@@H]4O[C@H](COC(=O)C=Cc5ccc(O)c(O)c5)[C@@H](O)[C@H](O)[C@H]4O)cc2-3)[C@H](O)[C@@H](O)[C@@H]1O. The number of rotatable bonds is 13. The van der Waals surface area contributed by atoms with Gasteiger partial charge in [-0.05, 0) is 54.1 Å². The van der Waals surface area contributed by atoms with Gasteiger partial charge in [0, 0.05) is 23.8 Å². The summed E-state index contributed by atoms with van der Waals surface area (Å²) in [6, 6.07) is 12.4. The van der Waals surface area contributed by atoms with Gasteiger partial charge in [-0.3, -0.25) is 14.4 Å². The molecule has 2 aromatic carbocycles. The highest BCUT2D eigenvalue weighted by molar-refractivity contribution is 5.90.